The van der Waals surface area contributed by atoms with E-state index in [0.717, 1.165) is 42.0 Å². The van der Waals surface area contributed by atoms with Crippen LogP contribution in [0.25, 0.3) is 5.69 Å². The molecule has 3 aromatic rings. The van der Waals surface area contributed by atoms with Crippen LogP contribution in [0.15, 0.2) is 30.3 Å². The van der Waals surface area contributed by atoms with E-state index < -0.39 is 23.4 Å². The van der Waals surface area contributed by atoms with Crippen molar-refractivity contribution in [2.75, 3.05) is 31.2 Å². The van der Waals surface area contributed by atoms with Crippen LogP contribution in [0.4, 0.5) is 27.6 Å². The average molecular weight is 554 g/mol. The van der Waals surface area contributed by atoms with E-state index in [1.807, 2.05) is 18.2 Å². The summed E-state index contributed by atoms with van der Waals surface area (Å²) in [6, 6.07) is 7.77. The van der Waals surface area contributed by atoms with Crippen LogP contribution < -0.4 is 4.90 Å². The van der Waals surface area contributed by atoms with Gasteiger partial charge in [0.15, 0.2) is 11.6 Å². The summed E-state index contributed by atoms with van der Waals surface area (Å²) in [4.78, 5) is 3.87. The Bertz CT molecular complexity index is 1350. The van der Waals surface area contributed by atoms with Crippen molar-refractivity contribution in [1.29, 1.82) is 0 Å². The number of piperidine rings is 1. The van der Waals surface area contributed by atoms with E-state index in [1.165, 1.54) is 4.90 Å². The van der Waals surface area contributed by atoms with Gasteiger partial charge < -0.3 is 9.64 Å². The molecule has 6 nitrogen and oxygen atoms in total. The van der Waals surface area contributed by atoms with Gasteiger partial charge in [-0.2, -0.15) is 13.2 Å². The van der Waals surface area contributed by atoms with Crippen LogP contribution in [0.3, 0.4) is 0 Å². The zero-order valence-corrected chi connectivity index (χ0v) is 21.1. The van der Waals surface area contributed by atoms with Crippen LogP contribution in [0.1, 0.15) is 48.0 Å². The minimum atomic E-state index is -5.11. The first-order valence-electron chi connectivity index (χ1n) is 12.6. The van der Waals surface area contributed by atoms with Crippen LogP contribution in [0.5, 0.6) is 0 Å². The molecule has 1 atom stereocenters. The number of fused-ring (bicyclic) bond motifs is 3. The first-order chi connectivity index (χ1) is 18.2. The number of rotatable bonds is 3. The standard InChI is InChI=1S/C26H25ClF5N5O/c27-17-1-3-20-16(11-17)12-36(18-7-10-38-14-18)13-22-33-34-25(37(20)22)15-5-8-35(9-6-15)21-4-2-19(28)23(24(21)29)26(30,31)32/h1-4,11,15,18H,5-10,12-14H2/t18-/m0/s1. The van der Waals surface area contributed by atoms with E-state index >= 15 is 0 Å². The van der Waals surface area contributed by atoms with Crippen molar-refractivity contribution in [2.24, 2.45) is 0 Å². The maximum absolute atomic E-state index is 14.8. The SMILES string of the molecule is Fc1ccc(N2CCC(c3nnc4n3-c3ccc(Cl)cc3CN([C@H]3CCOC3)C4)CC2)c(F)c1C(F)(F)F. The number of alkyl halides is 3. The quantitative estimate of drug-likeness (QED) is 0.389. The normalized spacial score (nSPS) is 20.9. The van der Waals surface area contributed by atoms with Gasteiger partial charge in [0, 0.05) is 43.2 Å². The summed E-state index contributed by atoms with van der Waals surface area (Å²) >= 11 is 6.35. The third-order valence-electron chi connectivity index (χ3n) is 7.73. The molecule has 0 saturated carbocycles. The third kappa shape index (κ3) is 4.54. The summed E-state index contributed by atoms with van der Waals surface area (Å²) < 4.78 is 75.9. The molecule has 12 heteroatoms. The Balaban J connectivity index is 1.28. The predicted octanol–water partition coefficient (Wildman–Crippen LogP) is 5.71. The molecule has 0 spiro atoms. The second-order valence-electron chi connectivity index (χ2n) is 10.0. The lowest BCUT2D eigenvalue weighted by Gasteiger charge is -2.34. The number of ether oxygens (including phenoxy) is 1. The van der Waals surface area contributed by atoms with Gasteiger partial charge in [-0.1, -0.05) is 11.6 Å². The fourth-order valence-corrected chi connectivity index (χ4v) is 6.00. The van der Waals surface area contributed by atoms with E-state index in [0.29, 0.717) is 56.7 Å². The van der Waals surface area contributed by atoms with Crippen LogP contribution in [0.2, 0.25) is 5.02 Å². The molecular formula is C26H25ClF5N5O. The van der Waals surface area contributed by atoms with Gasteiger partial charge in [0.25, 0.3) is 0 Å². The Hall–Kier alpha value is -2.76. The minimum absolute atomic E-state index is 0.0389. The van der Waals surface area contributed by atoms with Gasteiger partial charge in [-0.25, -0.2) is 8.78 Å². The predicted molar refractivity (Wildman–Crippen MR) is 130 cm³/mol. The first kappa shape index (κ1) is 25.5. The zero-order valence-electron chi connectivity index (χ0n) is 20.3. The molecule has 38 heavy (non-hydrogen) atoms. The first-order valence-corrected chi connectivity index (χ1v) is 12.9. The molecule has 3 aliphatic rings. The zero-order chi connectivity index (χ0) is 26.6. The molecule has 0 radical (unpaired) electrons. The maximum Gasteiger partial charge on any atom is 0.422 e. The summed E-state index contributed by atoms with van der Waals surface area (Å²) in [5.74, 6) is -1.66. The summed E-state index contributed by atoms with van der Waals surface area (Å²) in [6.07, 6.45) is -3.12. The van der Waals surface area contributed by atoms with E-state index in [2.05, 4.69) is 19.7 Å². The molecule has 3 aliphatic heterocycles. The molecule has 0 unspecified atom stereocenters. The largest absolute Gasteiger partial charge is 0.422 e. The number of hydrogen-bond donors (Lipinski definition) is 0. The topological polar surface area (TPSA) is 46.4 Å². The van der Waals surface area contributed by atoms with E-state index in [-0.39, 0.29) is 17.6 Å². The molecule has 0 N–H and O–H groups in total. The van der Waals surface area contributed by atoms with Crippen molar-refractivity contribution in [1.82, 2.24) is 19.7 Å². The second-order valence-corrected chi connectivity index (χ2v) is 10.5. The molecule has 202 valence electrons. The highest BCUT2D eigenvalue weighted by molar-refractivity contribution is 6.30. The molecule has 1 aromatic heterocycles. The number of nitrogens with zero attached hydrogens (tertiary/aromatic N) is 5. The summed E-state index contributed by atoms with van der Waals surface area (Å²) in [7, 11) is 0. The van der Waals surface area contributed by atoms with E-state index in [1.54, 1.807) is 0 Å². The van der Waals surface area contributed by atoms with Crippen LogP contribution >= 0.6 is 11.6 Å². The Kier molecular flexibility index (Phi) is 6.56. The number of benzene rings is 2. The molecule has 2 saturated heterocycles. The van der Waals surface area contributed by atoms with Crippen molar-refractivity contribution in [3.05, 3.63) is 69.8 Å². The number of aromatic nitrogens is 3. The van der Waals surface area contributed by atoms with Crippen molar-refractivity contribution < 1.29 is 26.7 Å². The van der Waals surface area contributed by atoms with Crippen molar-refractivity contribution in [3.8, 4) is 5.69 Å². The third-order valence-corrected chi connectivity index (χ3v) is 7.97. The molecule has 0 amide bonds. The highest BCUT2D eigenvalue weighted by atomic mass is 35.5. The lowest BCUT2D eigenvalue weighted by molar-refractivity contribution is -0.142. The van der Waals surface area contributed by atoms with Crippen LogP contribution in [-0.4, -0.2) is 52.0 Å². The van der Waals surface area contributed by atoms with Crippen molar-refractivity contribution in [3.63, 3.8) is 0 Å². The van der Waals surface area contributed by atoms with Gasteiger partial charge in [0.1, 0.15) is 17.2 Å². The number of halogens is 6. The monoisotopic (exact) mass is 553 g/mol. The lowest BCUT2D eigenvalue weighted by atomic mass is 9.95. The summed E-state index contributed by atoms with van der Waals surface area (Å²) in [5.41, 5.74) is -0.0959. The van der Waals surface area contributed by atoms with Crippen molar-refractivity contribution in [2.45, 2.75) is 50.5 Å². The lowest BCUT2D eigenvalue weighted by Crippen LogP contribution is -2.35. The molecule has 6 rings (SSSR count). The Morgan fingerprint density at radius 3 is 2.42 bits per heavy atom. The molecule has 0 aliphatic carbocycles. The smallest absolute Gasteiger partial charge is 0.380 e. The highest BCUT2D eigenvalue weighted by Crippen LogP contribution is 2.40. The van der Waals surface area contributed by atoms with Crippen LogP contribution in [-0.2, 0) is 24.0 Å². The summed E-state index contributed by atoms with van der Waals surface area (Å²) in [5, 5.41) is 9.72. The van der Waals surface area contributed by atoms with Crippen LogP contribution in [0, 0.1) is 11.6 Å². The number of hydrogen-bond acceptors (Lipinski definition) is 5. The second kappa shape index (κ2) is 9.77. The Morgan fingerprint density at radius 2 is 1.71 bits per heavy atom. The van der Waals surface area contributed by atoms with E-state index in [9.17, 15) is 22.0 Å². The van der Waals surface area contributed by atoms with Gasteiger partial charge in [-0.15, -0.1) is 10.2 Å². The van der Waals surface area contributed by atoms with Gasteiger partial charge in [-0.3, -0.25) is 9.47 Å². The maximum atomic E-state index is 14.8. The average Bonchev–Trinajstić information content (AvgIpc) is 3.51. The molecule has 4 heterocycles. The molecule has 2 aromatic carbocycles. The van der Waals surface area contributed by atoms with Crippen molar-refractivity contribution >= 4 is 17.3 Å². The van der Waals surface area contributed by atoms with Gasteiger partial charge in [0.05, 0.1) is 24.5 Å². The highest BCUT2D eigenvalue weighted by Gasteiger charge is 2.40. The van der Waals surface area contributed by atoms with Gasteiger partial charge in [-0.05, 0) is 55.2 Å². The van der Waals surface area contributed by atoms with E-state index in [4.69, 9.17) is 16.3 Å². The minimum Gasteiger partial charge on any atom is -0.380 e. The fourth-order valence-electron chi connectivity index (χ4n) is 5.81. The molecule has 2 fully saturated rings. The van der Waals surface area contributed by atoms with Gasteiger partial charge >= 0.3 is 6.18 Å². The Morgan fingerprint density at radius 1 is 0.947 bits per heavy atom. The molecule has 0 bridgehead atoms. The Labute approximate surface area is 220 Å². The van der Waals surface area contributed by atoms with Gasteiger partial charge in [0.2, 0.25) is 0 Å². The number of anilines is 1. The summed E-state index contributed by atoms with van der Waals surface area (Å²) in [6.45, 7) is 3.26. The fraction of sp³-hybridized carbons (Fsp3) is 0.462. The molecular weight excluding hydrogens is 529 g/mol.